The fraction of sp³-hybridized carbons (Fsp3) is 0.538. The van der Waals surface area contributed by atoms with E-state index in [1.54, 1.807) is 19.1 Å². The van der Waals surface area contributed by atoms with E-state index < -0.39 is 0 Å². The summed E-state index contributed by atoms with van der Waals surface area (Å²) in [5, 5.41) is 2.13. The number of pyridine rings is 1. The molecule has 0 radical (unpaired) electrons. The van der Waals surface area contributed by atoms with Crippen molar-refractivity contribution in [2.75, 3.05) is 45.3 Å². The Balaban J connectivity index is 1.90. The number of aromatic nitrogens is 1. The second kappa shape index (κ2) is 6.49. The van der Waals surface area contributed by atoms with E-state index in [9.17, 15) is 4.79 Å². The first-order valence-corrected chi connectivity index (χ1v) is 6.52. The first-order valence-electron chi connectivity index (χ1n) is 6.52. The number of carbonyl (C=O) groups is 1. The van der Waals surface area contributed by atoms with Gasteiger partial charge in [-0.3, -0.25) is 0 Å². The van der Waals surface area contributed by atoms with Gasteiger partial charge in [-0.1, -0.05) is 0 Å². The Kier molecular flexibility index (Phi) is 4.70. The van der Waals surface area contributed by atoms with Crippen LogP contribution in [0.2, 0.25) is 0 Å². The van der Waals surface area contributed by atoms with E-state index in [4.69, 9.17) is 4.74 Å². The molecule has 6 heteroatoms. The number of nitrogens with one attached hydrogen (secondary N) is 1. The number of nitrogens with zero attached hydrogens (tertiary/aromatic N) is 3. The molecule has 1 fully saturated rings. The number of piperazine rings is 1. The van der Waals surface area contributed by atoms with Crippen LogP contribution < -0.4 is 5.43 Å². The molecule has 0 aliphatic carbocycles. The smallest absolute Gasteiger partial charge is 0.339 e. The van der Waals surface area contributed by atoms with Gasteiger partial charge in [0.05, 0.1) is 12.2 Å². The number of likely N-dealkylation sites (N-methyl/N-ethyl adjacent to an activating group) is 1. The second-order valence-corrected chi connectivity index (χ2v) is 4.55. The van der Waals surface area contributed by atoms with E-state index in [0.29, 0.717) is 12.2 Å². The van der Waals surface area contributed by atoms with Crippen LogP contribution in [-0.4, -0.2) is 60.7 Å². The van der Waals surface area contributed by atoms with Crippen LogP contribution in [0.15, 0.2) is 18.3 Å². The number of anilines is 1. The Hall–Kier alpha value is -1.66. The molecule has 0 spiro atoms. The summed E-state index contributed by atoms with van der Waals surface area (Å²) in [5.74, 6) is 0.416. The first-order chi connectivity index (χ1) is 9.19. The molecule has 19 heavy (non-hydrogen) atoms. The van der Waals surface area contributed by atoms with Crippen LogP contribution in [0.4, 0.5) is 5.82 Å². The monoisotopic (exact) mass is 264 g/mol. The number of hydrogen-bond acceptors (Lipinski definition) is 6. The maximum Gasteiger partial charge on any atom is 0.339 e. The molecule has 0 atom stereocenters. The van der Waals surface area contributed by atoms with Gasteiger partial charge in [-0.15, -0.1) is 0 Å². The van der Waals surface area contributed by atoms with Crippen LogP contribution in [0.5, 0.6) is 0 Å². The Bertz CT molecular complexity index is 413. The third kappa shape index (κ3) is 3.90. The Labute approximate surface area is 113 Å². The third-order valence-electron chi connectivity index (χ3n) is 3.05. The number of hydrazine groups is 1. The fourth-order valence-corrected chi connectivity index (χ4v) is 1.88. The van der Waals surface area contributed by atoms with Crippen molar-refractivity contribution < 1.29 is 9.53 Å². The lowest BCUT2D eigenvalue weighted by Crippen LogP contribution is -2.47. The Morgan fingerprint density at radius 1 is 1.37 bits per heavy atom. The van der Waals surface area contributed by atoms with E-state index in [0.717, 1.165) is 32.0 Å². The van der Waals surface area contributed by atoms with E-state index in [1.807, 2.05) is 0 Å². The molecule has 2 heterocycles. The van der Waals surface area contributed by atoms with Crippen LogP contribution in [0.25, 0.3) is 0 Å². The highest BCUT2D eigenvalue weighted by molar-refractivity contribution is 5.89. The maximum atomic E-state index is 11.5. The summed E-state index contributed by atoms with van der Waals surface area (Å²) in [6.45, 7) is 6.15. The average Bonchev–Trinajstić information content (AvgIpc) is 2.42. The van der Waals surface area contributed by atoms with Crippen LogP contribution in [0.1, 0.15) is 17.3 Å². The van der Waals surface area contributed by atoms with E-state index in [2.05, 4.69) is 27.4 Å². The standard InChI is InChI=1S/C13H20N4O2/c1-3-19-13(18)11-4-5-12(14-10-11)15-17-8-6-16(2)7-9-17/h4-5,10H,3,6-9H2,1-2H3,(H,14,15). The lowest BCUT2D eigenvalue weighted by Gasteiger charge is -2.32. The van der Waals surface area contributed by atoms with Gasteiger partial charge in [0.1, 0.15) is 5.82 Å². The highest BCUT2D eigenvalue weighted by Crippen LogP contribution is 2.08. The number of ether oxygens (including phenoxy) is 1. The molecule has 0 bridgehead atoms. The topological polar surface area (TPSA) is 57.7 Å². The third-order valence-corrected chi connectivity index (χ3v) is 3.05. The van der Waals surface area contributed by atoms with Gasteiger partial charge in [-0.2, -0.15) is 0 Å². The summed E-state index contributed by atoms with van der Waals surface area (Å²) in [6.07, 6.45) is 1.54. The molecule has 2 rings (SSSR count). The van der Waals surface area contributed by atoms with Crippen LogP contribution in [-0.2, 0) is 4.74 Å². The van der Waals surface area contributed by atoms with Gasteiger partial charge in [0.25, 0.3) is 0 Å². The van der Waals surface area contributed by atoms with Gasteiger partial charge in [0.2, 0.25) is 0 Å². The molecule has 1 N–H and O–H groups in total. The van der Waals surface area contributed by atoms with Gasteiger partial charge < -0.3 is 15.1 Å². The summed E-state index contributed by atoms with van der Waals surface area (Å²) >= 11 is 0. The van der Waals surface area contributed by atoms with Crippen molar-refractivity contribution in [1.82, 2.24) is 14.9 Å². The summed E-state index contributed by atoms with van der Waals surface area (Å²) < 4.78 is 4.91. The second-order valence-electron chi connectivity index (χ2n) is 4.55. The van der Waals surface area contributed by atoms with Crippen molar-refractivity contribution in [3.05, 3.63) is 23.9 Å². The predicted octanol–water partition coefficient (Wildman–Crippen LogP) is 0.833. The van der Waals surface area contributed by atoms with Crippen LogP contribution in [0, 0.1) is 0 Å². The van der Waals surface area contributed by atoms with Crippen LogP contribution in [0.3, 0.4) is 0 Å². The van der Waals surface area contributed by atoms with Crippen molar-refractivity contribution in [3.8, 4) is 0 Å². The minimum atomic E-state index is -0.332. The highest BCUT2D eigenvalue weighted by Gasteiger charge is 2.14. The lowest BCUT2D eigenvalue weighted by molar-refractivity contribution is 0.0526. The van der Waals surface area contributed by atoms with E-state index in [1.165, 1.54) is 6.20 Å². The summed E-state index contributed by atoms with van der Waals surface area (Å²) in [7, 11) is 2.11. The quantitative estimate of drug-likeness (QED) is 0.813. The van der Waals surface area contributed by atoms with Gasteiger partial charge in [0.15, 0.2) is 0 Å². The zero-order chi connectivity index (χ0) is 13.7. The molecule has 1 aromatic rings. The summed E-state index contributed by atoms with van der Waals surface area (Å²) in [5.41, 5.74) is 3.72. The number of hydrogen-bond donors (Lipinski definition) is 1. The molecule has 0 amide bonds. The van der Waals surface area contributed by atoms with Gasteiger partial charge >= 0.3 is 5.97 Å². The maximum absolute atomic E-state index is 11.5. The highest BCUT2D eigenvalue weighted by atomic mass is 16.5. The van der Waals surface area contributed by atoms with E-state index in [-0.39, 0.29) is 5.97 Å². The molecule has 0 aromatic carbocycles. The fourth-order valence-electron chi connectivity index (χ4n) is 1.88. The van der Waals surface area contributed by atoms with Gasteiger partial charge in [0, 0.05) is 32.4 Å². The molecule has 0 unspecified atom stereocenters. The summed E-state index contributed by atoms with van der Waals surface area (Å²) in [6, 6.07) is 3.52. The number of esters is 1. The predicted molar refractivity (Wildman–Crippen MR) is 72.9 cm³/mol. The normalized spacial score (nSPS) is 17.2. The average molecular weight is 264 g/mol. The molecule has 104 valence electrons. The zero-order valence-corrected chi connectivity index (χ0v) is 11.4. The van der Waals surface area contributed by atoms with Crippen molar-refractivity contribution in [3.63, 3.8) is 0 Å². The van der Waals surface area contributed by atoms with Crippen molar-refractivity contribution >= 4 is 11.8 Å². The molecule has 1 aliphatic heterocycles. The molecule has 6 nitrogen and oxygen atoms in total. The Morgan fingerprint density at radius 3 is 2.68 bits per heavy atom. The van der Waals surface area contributed by atoms with Crippen molar-refractivity contribution in [2.45, 2.75) is 6.92 Å². The van der Waals surface area contributed by atoms with Crippen molar-refractivity contribution in [2.24, 2.45) is 0 Å². The molecule has 1 aliphatic rings. The van der Waals surface area contributed by atoms with Gasteiger partial charge in [-0.05, 0) is 26.1 Å². The minimum absolute atomic E-state index is 0.332. The SMILES string of the molecule is CCOC(=O)c1ccc(NN2CCN(C)CC2)nc1. The largest absolute Gasteiger partial charge is 0.462 e. The molecule has 1 saturated heterocycles. The molecule has 1 aromatic heterocycles. The van der Waals surface area contributed by atoms with E-state index >= 15 is 0 Å². The Morgan fingerprint density at radius 2 is 2.11 bits per heavy atom. The van der Waals surface area contributed by atoms with Gasteiger partial charge in [-0.25, -0.2) is 14.8 Å². The number of rotatable bonds is 4. The molecular weight excluding hydrogens is 244 g/mol. The lowest BCUT2D eigenvalue weighted by atomic mass is 10.3. The molecular formula is C13H20N4O2. The minimum Gasteiger partial charge on any atom is -0.462 e. The number of carbonyl (C=O) groups excluding carboxylic acids is 1. The summed E-state index contributed by atoms with van der Waals surface area (Å²) in [4.78, 5) is 18.0. The van der Waals surface area contributed by atoms with Crippen LogP contribution >= 0.6 is 0 Å². The molecule has 0 saturated carbocycles. The first kappa shape index (κ1) is 13.8. The van der Waals surface area contributed by atoms with Crippen molar-refractivity contribution in [1.29, 1.82) is 0 Å². The zero-order valence-electron chi connectivity index (χ0n) is 11.4.